The van der Waals surface area contributed by atoms with Crippen LogP contribution < -0.4 is 4.74 Å². The second-order valence-electron chi connectivity index (χ2n) is 2.31. The van der Waals surface area contributed by atoms with Crippen molar-refractivity contribution in [2.75, 3.05) is 7.11 Å². The maximum Gasteiger partial charge on any atom is 0.217 e. The Morgan fingerprint density at radius 3 is 2.91 bits per heavy atom. The van der Waals surface area contributed by atoms with E-state index < -0.39 is 0 Å². The van der Waals surface area contributed by atoms with Crippen molar-refractivity contribution in [3.05, 3.63) is 23.4 Å². The summed E-state index contributed by atoms with van der Waals surface area (Å²) >= 11 is 5.66. The molecule has 1 aromatic rings. The number of ether oxygens (including phenoxy) is 1. The van der Waals surface area contributed by atoms with Crippen LogP contribution >= 0.6 is 11.6 Å². The first-order chi connectivity index (χ1) is 5.27. The van der Waals surface area contributed by atoms with E-state index in [2.05, 4.69) is 4.98 Å². The molecule has 0 radical (unpaired) electrons. The van der Waals surface area contributed by atoms with Crippen molar-refractivity contribution in [1.29, 1.82) is 0 Å². The Morgan fingerprint density at radius 2 is 2.36 bits per heavy atom. The molecule has 1 aromatic heterocycles. The van der Waals surface area contributed by atoms with E-state index in [9.17, 15) is 0 Å². The molecule has 1 rings (SSSR count). The first-order valence-electron chi connectivity index (χ1n) is 3.33. The van der Waals surface area contributed by atoms with Gasteiger partial charge in [-0.3, -0.25) is 0 Å². The molecule has 0 unspecified atom stereocenters. The molecule has 0 fully saturated rings. The first-order valence-corrected chi connectivity index (χ1v) is 3.87. The number of hydrogen-bond donors (Lipinski definition) is 0. The molecule has 0 amide bonds. The maximum absolute atomic E-state index is 5.66. The Bertz CT molecular complexity index is 250. The van der Waals surface area contributed by atoms with Crippen LogP contribution in [0.25, 0.3) is 0 Å². The first kappa shape index (κ1) is 8.34. The molecule has 0 aliphatic rings. The molecule has 0 N–H and O–H groups in total. The van der Waals surface area contributed by atoms with Crippen molar-refractivity contribution >= 4 is 11.6 Å². The molecule has 0 aromatic carbocycles. The molecule has 3 heteroatoms. The second kappa shape index (κ2) is 3.58. The lowest BCUT2D eigenvalue weighted by Crippen LogP contribution is -1.93. The molecule has 0 aliphatic carbocycles. The van der Waals surface area contributed by atoms with E-state index in [1.807, 2.05) is 13.0 Å². The van der Waals surface area contributed by atoms with E-state index >= 15 is 0 Å². The van der Waals surface area contributed by atoms with Crippen LogP contribution in [0, 0.1) is 6.92 Å². The molecule has 0 bridgehead atoms. The molecule has 11 heavy (non-hydrogen) atoms. The summed E-state index contributed by atoms with van der Waals surface area (Å²) in [5, 5.41) is 0. The van der Waals surface area contributed by atoms with Gasteiger partial charge in [0.2, 0.25) is 5.88 Å². The molecule has 60 valence electrons. The van der Waals surface area contributed by atoms with E-state index in [0.717, 1.165) is 11.1 Å². The van der Waals surface area contributed by atoms with Gasteiger partial charge < -0.3 is 4.74 Å². The van der Waals surface area contributed by atoms with Crippen LogP contribution in [0.3, 0.4) is 0 Å². The van der Waals surface area contributed by atoms with Gasteiger partial charge in [-0.05, 0) is 18.6 Å². The van der Waals surface area contributed by atoms with Gasteiger partial charge in [0.15, 0.2) is 0 Å². The number of alkyl halides is 1. The molecule has 0 saturated heterocycles. The third-order valence-electron chi connectivity index (χ3n) is 1.40. The minimum atomic E-state index is 0.442. The fraction of sp³-hybridized carbons (Fsp3) is 0.375. The molecule has 1 heterocycles. The van der Waals surface area contributed by atoms with Crippen molar-refractivity contribution in [2.45, 2.75) is 12.8 Å². The standard InChI is InChI=1S/C8H10ClNO/c1-6-3-7(4-9)8(11-2)10-5-6/h3,5H,4H2,1-2H3. The zero-order valence-corrected chi connectivity index (χ0v) is 7.35. The highest BCUT2D eigenvalue weighted by molar-refractivity contribution is 6.17. The maximum atomic E-state index is 5.66. The lowest BCUT2D eigenvalue weighted by Gasteiger charge is -2.03. The van der Waals surface area contributed by atoms with Gasteiger partial charge in [-0.1, -0.05) is 0 Å². The zero-order chi connectivity index (χ0) is 8.27. The van der Waals surface area contributed by atoms with Crippen molar-refractivity contribution < 1.29 is 4.74 Å². The zero-order valence-electron chi connectivity index (χ0n) is 6.60. The van der Waals surface area contributed by atoms with E-state index in [4.69, 9.17) is 16.3 Å². The monoisotopic (exact) mass is 171 g/mol. The number of pyridine rings is 1. The topological polar surface area (TPSA) is 22.1 Å². The van der Waals surface area contributed by atoms with E-state index in [-0.39, 0.29) is 0 Å². The number of aromatic nitrogens is 1. The van der Waals surface area contributed by atoms with Crippen LogP contribution in [-0.4, -0.2) is 12.1 Å². The van der Waals surface area contributed by atoms with Crippen molar-refractivity contribution in [3.8, 4) is 5.88 Å². The molecule has 0 aliphatic heterocycles. The Labute approximate surface area is 71.2 Å². The highest BCUT2D eigenvalue weighted by Crippen LogP contribution is 2.17. The van der Waals surface area contributed by atoms with Gasteiger partial charge in [0, 0.05) is 11.8 Å². The molecule has 0 saturated carbocycles. The fourth-order valence-corrected chi connectivity index (χ4v) is 1.09. The number of halogens is 1. The van der Waals surface area contributed by atoms with Crippen molar-refractivity contribution in [1.82, 2.24) is 4.98 Å². The number of methoxy groups -OCH3 is 1. The van der Waals surface area contributed by atoms with Gasteiger partial charge in [0.25, 0.3) is 0 Å². The number of rotatable bonds is 2. The van der Waals surface area contributed by atoms with Gasteiger partial charge in [0.05, 0.1) is 13.0 Å². The third-order valence-corrected chi connectivity index (χ3v) is 1.69. The van der Waals surface area contributed by atoms with Crippen LogP contribution in [0.2, 0.25) is 0 Å². The molecule has 2 nitrogen and oxygen atoms in total. The summed E-state index contributed by atoms with van der Waals surface area (Å²) in [7, 11) is 1.59. The SMILES string of the molecule is COc1ncc(C)cc1CCl. The minimum absolute atomic E-state index is 0.442. The normalized spacial score (nSPS) is 9.73. The van der Waals surface area contributed by atoms with Crippen LogP contribution in [-0.2, 0) is 5.88 Å². The summed E-state index contributed by atoms with van der Waals surface area (Å²) in [6, 6.07) is 1.97. The highest BCUT2D eigenvalue weighted by Gasteiger charge is 2.01. The lowest BCUT2D eigenvalue weighted by atomic mass is 10.2. The quantitative estimate of drug-likeness (QED) is 0.637. The Kier molecular flexibility index (Phi) is 2.71. The van der Waals surface area contributed by atoms with E-state index in [1.165, 1.54) is 0 Å². The van der Waals surface area contributed by atoms with Crippen LogP contribution in [0.15, 0.2) is 12.3 Å². The predicted octanol–water partition coefficient (Wildman–Crippen LogP) is 2.14. The van der Waals surface area contributed by atoms with Gasteiger partial charge in [-0.2, -0.15) is 0 Å². The average molecular weight is 172 g/mol. The highest BCUT2D eigenvalue weighted by atomic mass is 35.5. The molecular formula is C8H10ClNO. The lowest BCUT2D eigenvalue weighted by molar-refractivity contribution is 0.394. The molecule has 0 atom stereocenters. The number of hydrogen-bond acceptors (Lipinski definition) is 2. The summed E-state index contributed by atoms with van der Waals surface area (Å²) in [5.74, 6) is 1.06. The summed E-state index contributed by atoms with van der Waals surface area (Å²) < 4.78 is 5.00. The smallest absolute Gasteiger partial charge is 0.217 e. The van der Waals surface area contributed by atoms with Crippen molar-refractivity contribution in [3.63, 3.8) is 0 Å². The van der Waals surface area contributed by atoms with Gasteiger partial charge in [0.1, 0.15) is 0 Å². The minimum Gasteiger partial charge on any atom is -0.481 e. The van der Waals surface area contributed by atoms with Crippen LogP contribution in [0.5, 0.6) is 5.88 Å². The summed E-state index contributed by atoms with van der Waals surface area (Å²) in [4.78, 5) is 4.06. The Morgan fingerprint density at radius 1 is 1.64 bits per heavy atom. The molecule has 0 spiro atoms. The number of nitrogens with zero attached hydrogens (tertiary/aromatic N) is 1. The predicted molar refractivity (Wildman–Crippen MR) is 45.1 cm³/mol. The van der Waals surface area contributed by atoms with Gasteiger partial charge >= 0.3 is 0 Å². The van der Waals surface area contributed by atoms with Crippen LogP contribution in [0.4, 0.5) is 0 Å². The Balaban J connectivity index is 3.06. The average Bonchev–Trinajstić information content (AvgIpc) is 2.04. The molecular weight excluding hydrogens is 162 g/mol. The Hall–Kier alpha value is -0.760. The van der Waals surface area contributed by atoms with E-state index in [0.29, 0.717) is 11.8 Å². The largest absolute Gasteiger partial charge is 0.481 e. The third kappa shape index (κ3) is 1.84. The van der Waals surface area contributed by atoms with Crippen LogP contribution in [0.1, 0.15) is 11.1 Å². The fourth-order valence-electron chi connectivity index (χ4n) is 0.897. The summed E-state index contributed by atoms with van der Waals surface area (Å²) in [5.41, 5.74) is 2.04. The van der Waals surface area contributed by atoms with Gasteiger partial charge in [-0.15, -0.1) is 11.6 Å². The second-order valence-corrected chi connectivity index (χ2v) is 2.58. The van der Waals surface area contributed by atoms with E-state index in [1.54, 1.807) is 13.3 Å². The number of aryl methyl sites for hydroxylation is 1. The van der Waals surface area contributed by atoms with Gasteiger partial charge in [-0.25, -0.2) is 4.98 Å². The summed E-state index contributed by atoms with van der Waals surface area (Å²) in [6.45, 7) is 1.97. The summed E-state index contributed by atoms with van der Waals surface area (Å²) in [6.07, 6.45) is 1.76. The van der Waals surface area contributed by atoms with Crippen molar-refractivity contribution in [2.24, 2.45) is 0 Å².